The van der Waals surface area contributed by atoms with E-state index in [0.717, 1.165) is 5.56 Å². The van der Waals surface area contributed by atoms with E-state index in [4.69, 9.17) is 0 Å². The topological polar surface area (TPSA) is 99.3 Å². The van der Waals surface area contributed by atoms with Crippen molar-refractivity contribution in [1.29, 1.82) is 0 Å². The monoisotopic (exact) mass is 400 g/mol. The first-order chi connectivity index (χ1) is 14.0. The highest BCUT2D eigenvalue weighted by molar-refractivity contribution is 5.83. The Bertz CT molecular complexity index is 977. The maximum absolute atomic E-state index is 13.0. The van der Waals surface area contributed by atoms with Crippen LogP contribution in [-0.4, -0.2) is 62.1 Å². The normalized spacial score (nSPS) is 24.7. The van der Waals surface area contributed by atoms with Crippen molar-refractivity contribution < 1.29 is 14.6 Å². The molecular weight excluding hydrogens is 375 g/mol. The van der Waals surface area contributed by atoms with Gasteiger partial charge in [0.05, 0.1) is 18.5 Å². The number of benzene rings is 1. The van der Waals surface area contributed by atoms with E-state index in [1.54, 1.807) is 18.5 Å². The van der Waals surface area contributed by atoms with E-state index < -0.39 is 12.2 Å². The standard InChI is InChI=1S/C20H25FN6O2/c1-26(2)19-16-20(24-10-23-19)27(11-25-16)15-8-7-14(17(28)18(15)29)22-9-12-3-5-13(21)6-4-12/h3-6,10-11,14-15,17-18,22,28-29H,7-9H2,1-2H3/t14-,15-,17-,18-/m1/s1. The molecular formula is C20H25FN6O2. The summed E-state index contributed by atoms with van der Waals surface area (Å²) in [5.74, 6) is 0.428. The molecule has 0 bridgehead atoms. The molecule has 1 aliphatic rings. The minimum absolute atomic E-state index is 0.256. The fourth-order valence-corrected chi connectivity index (χ4v) is 3.94. The van der Waals surface area contributed by atoms with Crippen LogP contribution in [0.25, 0.3) is 11.2 Å². The highest BCUT2D eigenvalue weighted by Gasteiger charge is 2.38. The predicted molar refractivity (Wildman–Crippen MR) is 107 cm³/mol. The predicted octanol–water partition coefficient (Wildman–Crippen LogP) is 1.25. The van der Waals surface area contributed by atoms with E-state index in [2.05, 4.69) is 20.3 Å². The average molecular weight is 400 g/mol. The van der Waals surface area contributed by atoms with Crippen LogP contribution in [0.5, 0.6) is 0 Å². The first-order valence-electron chi connectivity index (χ1n) is 9.64. The highest BCUT2D eigenvalue weighted by Crippen LogP contribution is 2.32. The Kier molecular flexibility index (Phi) is 5.44. The molecule has 1 aliphatic carbocycles. The first-order valence-corrected chi connectivity index (χ1v) is 9.64. The molecule has 0 radical (unpaired) electrons. The van der Waals surface area contributed by atoms with E-state index in [1.165, 1.54) is 18.5 Å². The summed E-state index contributed by atoms with van der Waals surface area (Å²) in [5.41, 5.74) is 2.22. The molecule has 8 nitrogen and oxygen atoms in total. The summed E-state index contributed by atoms with van der Waals surface area (Å²) in [6.45, 7) is 0.493. The van der Waals surface area contributed by atoms with Crippen LogP contribution >= 0.6 is 0 Å². The van der Waals surface area contributed by atoms with Crippen molar-refractivity contribution in [3.63, 3.8) is 0 Å². The number of aliphatic hydroxyl groups is 2. The Morgan fingerprint density at radius 3 is 2.59 bits per heavy atom. The number of nitrogens with zero attached hydrogens (tertiary/aromatic N) is 5. The molecule has 1 aromatic carbocycles. The number of fused-ring (bicyclic) bond motifs is 1. The summed E-state index contributed by atoms with van der Waals surface area (Å²) in [6, 6.07) is 5.64. The molecule has 2 aromatic heterocycles. The Morgan fingerprint density at radius 2 is 1.86 bits per heavy atom. The molecule has 0 aliphatic heterocycles. The maximum Gasteiger partial charge on any atom is 0.165 e. The number of halogens is 1. The molecule has 4 rings (SSSR count). The molecule has 9 heteroatoms. The van der Waals surface area contributed by atoms with Crippen LogP contribution in [0.3, 0.4) is 0 Å². The lowest BCUT2D eigenvalue weighted by Gasteiger charge is -2.38. The Balaban J connectivity index is 1.49. The second-order valence-corrected chi connectivity index (χ2v) is 7.66. The number of anilines is 1. The largest absolute Gasteiger partial charge is 0.389 e. The van der Waals surface area contributed by atoms with Crippen molar-refractivity contribution in [3.8, 4) is 0 Å². The van der Waals surface area contributed by atoms with E-state index >= 15 is 0 Å². The second kappa shape index (κ2) is 8.02. The Labute approximate surface area is 168 Å². The summed E-state index contributed by atoms with van der Waals surface area (Å²) in [7, 11) is 3.77. The molecule has 0 spiro atoms. The first kappa shape index (κ1) is 19.7. The number of rotatable bonds is 5. The van der Waals surface area contributed by atoms with Gasteiger partial charge in [0.2, 0.25) is 0 Å². The van der Waals surface area contributed by atoms with Gasteiger partial charge in [-0.25, -0.2) is 19.3 Å². The zero-order chi connectivity index (χ0) is 20.5. The summed E-state index contributed by atoms with van der Waals surface area (Å²) in [4.78, 5) is 14.9. The Hall–Kier alpha value is -2.62. The van der Waals surface area contributed by atoms with Gasteiger partial charge in [-0.05, 0) is 30.5 Å². The molecule has 1 fully saturated rings. The number of nitrogens with one attached hydrogen (secondary N) is 1. The summed E-state index contributed by atoms with van der Waals surface area (Å²) in [5, 5.41) is 24.8. The van der Waals surface area contributed by atoms with Crippen LogP contribution in [0.2, 0.25) is 0 Å². The van der Waals surface area contributed by atoms with E-state index in [1.807, 2.05) is 23.6 Å². The molecule has 3 N–H and O–H groups in total. The molecule has 0 amide bonds. The third-order valence-corrected chi connectivity index (χ3v) is 5.53. The van der Waals surface area contributed by atoms with Crippen molar-refractivity contribution >= 4 is 17.0 Å². The van der Waals surface area contributed by atoms with Gasteiger partial charge in [-0.1, -0.05) is 12.1 Å². The number of aromatic nitrogens is 4. The van der Waals surface area contributed by atoms with Crippen LogP contribution < -0.4 is 10.2 Å². The van der Waals surface area contributed by atoms with Gasteiger partial charge in [-0.2, -0.15) is 0 Å². The lowest BCUT2D eigenvalue weighted by molar-refractivity contribution is -0.0573. The minimum Gasteiger partial charge on any atom is -0.389 e. The Morgan fingerprint density at radius 1 is 1.10 bits per heavy atom. The third kappa shape index (κ3) is 3.81. The van der Waals surface area contributed by atoms with Gasteiger partial charge in [0, 0.05) is 26.7 Å². The molecule has 154 valence electrons. The zero-order valence-electron chi connectivity index (χ0n) is 16.4. The third-order valence-electron chi connectivity index (χ3n) is 5.53. The van der Waals surface area contributed by atoms with E-state index in [9.17, 15) is 14.6 Å². The zero-order valence-corrected chi connectivity index (χ0v) is 16.4. The van der Waals surface area contributed by atoms with Crippen molar-refractivity contribution in [1.82, 2.24) is 24.8 Å². The summed E-state index contributed by atoms with van der Waals surface area (Å²) >= 11 is 0. The number of aliphatic hydroxyl groups excluding tert-OH is 2. The van der Waals surface area contributed by atoms with Crippen LogP contribution in [0.15, 0.2) is 36.9 Å². The van der Waals surface area contributed by atoms with Gasteiger partial charge in [0.15, 0.2) is 17.0 Å². The maximum atomic E-state index is 13.0. The van der Waals surface area contributed by atoms with Crippen molar-refractivity contribution in [2.45, 2.75) is 43.7 Å². The molecule has 4 atom stereocenters. The number of imidazole rings is 1. The van der Waals surface area contributed by atoms with E-state index in [0.29, 0.717) is 36.4 Å². The fraction of sp³-hybridized carbons (Fsp3) is 0.450. The van der Waals surface area contributed by atoms with Gasteiger partial charge in [-0.15, -0.1) is 0 Å². The van der Waals surface area contributed by atoms with Gasteiger partial charge >= 0.3 is 0 Å². The molecule has 2 heterocycles. The van der Waals surface area contributed by atoms with Crippen LogP contribution in [-0.2, 0) is 6.54 Å². The van der Waals surface area contributed by atoms with Crippen LogP contribution in [0, 0.1) is 5.82 Å². The van der Waals surface area contributed by atoms with Crippen LogP contribution in [0.1, 0.15) is 24.4 Å². The molecule has 0 saturated heterocycles. The van der Waals surface area contributed by atoms with Gasteiger partial charge in [0.25, 0.3) is 0 Å². The lowest BCUT2D eigenvalue weighted by Crippen LogP contribution is -2.52. The van der Waals surface area contributed by atoms with E-state index in [-0.39, 0.29) is 17.9 Å². The van der Waals surface area contributed by atoms with Gasteiger partial charge in [-0.3, -0.25) is 0 Å². The SMILES string of the molecule is CN(C)c1ncnc2c1ncn2[C@@H]1CC[C@@H](NCc2ccc(F)cc2)[C@@H](O)[C@@H]1O. The van der Waals surface area contributed by atoms with Crippen LogP contribution in [0.4, 0.5) is 10.2 Å². The smallest absolute Gasteiger partial charge is 0.165 e. The second-order valence-electron chi connectivity index (χ2n) is 7.66. The quantitative estimate of drug-likeness (QED) is 0.593. The fourth-order valence-electron chi connectivity index (χ4n) is 3.94. The van der Waals surface area contributed by atoms with Gasteiger partial charge in [0.1, 0.15) is 18.2 Å². The number of hydrogen-bond donors (Lipinski definition) is 3. The average Bonchev–Trinajstić information content (AvgIpc) is 3.14. The highest BCUT2D eigenvalue weighted by atomic mass is 19.1. The van der Waals surface area contributed by atoms with Crippen molar-refractivity contribution in [2.75, 3.05) is 19.0 Å². The van der Waals surface area contributed by atoms with Crippen molar-refractivity contribution in [2.24, 2.45) is 0 Å². The lowest BCUT2D eigenvalue weighted by atomic mass is 9.85. The molecule has 29 heavy (non-hydrogen) atoms. The molecule has 1 saturated carbocycles. The summed E-state index contributed by atoms with van der Waals surface area (Å²) in [6.07, 6.45) is 2.56. The molecule has 0 unspecified atom stereocenters. The van der Waals surface area contributed by atoms with Crippen molar-refractivity contribution in [3.05, 3.63) is 48.3 Å². The molecule has 3 aromatic rings. The summed E-state index contributed by atoms with van der Waals surface area (Å²) < 4.78 is 14.9. The number of hydrogen-bond acceptors (Lipinski definition) is 7. The minimum atomic E-state index is -0.968. The van der Waals surface area contributed by atoms with Gasteiger partial charge < -0.3 is 25.0 Å².